The van der Waals surface area contributed by atoms with Crippen molar-refractivity contribution in [3.8, 4) is 0 Å². The zero-order valence-corrected chi connectivity index (χ0v) is 9.90. The fourth-order valence-corrected chi connectivity index (χ4v) is 2.76. The standard InChI is InChI=1S/C12H22N2O2/c15-10-11-4-3-8-14(11)12(16)5-9-13-6-1-2-7-13/h11,15H,1-10H2. The average Bonchev–Trinajstić information content (AvgIpc) is 2.96. The zero-order valence-electron chi connectivity index (χ0n) is 9.90. The summed E-state index contributed by atoms with van der Waals surface area (Å²) < 4.78 is 0. The molecule has 16 heavy (non-hydrogen) atoms. The van der Waals surface area contributed by atoms with Crippen molar-refractivity contribution in [2.45, 2.75) is 38.1 Å². The molecule has 1 atom stereocenters. The molecular weight excluding hydrogens is 204 g/mol. The third kappa shape index (κ3) is 2.74. The van der Waals surface area contributed by atoms with Crippen LogP contribution in [0.1, 0.15) is 32.1 Å². The maximum absolute atomic E-state index is 12.0. The Labute approximate surface area is 97.2 Å². The van der Waals surface area contributed by atoms with Crippen LogP contribution in [-0.2, 0) is 4.79 Å². The summed E-state index contributed by atoms with van der Waals surface area (Å²) in [5.74, 6) is 0.225. The Hall–Kier alpha value is -0.610. The Morgan fingerprint density at radius 1 is 1.19 bits per heavy atom. The molecule has 0 aliphatic carbocycles. The predicted molar refractivity (Wildman–Crippen MR) is 62.1 cm³/mol. The highest BCUT2D eigenvalue weighted by molar-refractivity contribution is 5.77. The number of carbonyl (C=O) groups excluding carboxylic acids is 1. The summed E-state index contributed by atoms with van der Waals surface area (Å²) in [6, 6.07) is 0.0890. The fourth-order valence-electron chi connectivity index (χ4n) is 2.76. The van der Waals surface area contributed by atoms with Crippen LogP contribution in [0.4, 0.5) is 0 Å². The van der Waals surface area contributed by atoms with E-state index in [4.69, 9.17) is 5.11 Å². The molecule has 0 spiro atoms. The van der Waals surface area contributed by atoms with Crippen molar-refractivity contribution in [1.82, 2.24) is 9.80 Å². The molecule has 2 heterocycles. The lowest BCUT2D eigenvalue weighted by molar-refractivity contribution is -0.133. The second-order valence-electron chi connectivity index (χ2n) is 4.86. The van der Waals surface area contributed by atoms with E-state index in [9.17, 15) is 4.79 Å². The Morgan fingerprint density at radius 2 is 1.94 bits per heavy atom. The highest BCUT2D eigenvalue weighted by Crippen LogP contribution is 2.18. The van der Waals surface area contributed by atoms with Gasteiger partial charge in [-0.05, 0) is 38.8 Å². The van der Waals surface area contributed by atoms with Gasteiger partial charge in [-0.3, -0.25) is 4.79 Å². The van der Waals surface area contributed by atoms with Crippen LogP contribution >= 0.6 is 0 Å². The van der Waals surface area contributed by atoms with Gasteiger partial charge in [0, 0.05) is 19.5 Å². The predicted octanol–water partition coefficient (Wildman–Crippen LogP) is 0.456. The molecule has 2 fully saturated rings. The Balaban J connectivity index is 1.74. The lowest BCUT2D eigenvalue weighted by Crippen LogP contribution is -2.39. The van der Waals surface area contributed by atoms with E-state index in [1.165, 1.54) is 12.8 Å². The molecule has 92 valence electrons. The van der Waals surface area contributed by atoms with E-state index >= 15 is 0 Å². The van der Waals surface area contributed by atoms with Crippen molar-refractivity contribution in [2.24, 2.45) is 0 Å². The maximum atomic E-state index is 12.0. The van der Waals surface area contributed by atoms with Gasteiger partial charge in [0.05, 0.1) is 12.6 Å². The smallest absolute Gasteiger partial charge is 0.224 e. The van der Waals surface area contributed by atoms with Gasteiger partial charge in [-0.2, -0.15) is 0 Å². The lowest BCUT2D eigenvalue weighted by Gasteiger charge is -2.24. The third-order valence-corrected chi connectivity index (χ3v) is 3.75. The largest absolute Gasteiger partial charge is 0.394 e. The summed E-state index contributed by atoms with van der Waals surface area (Å²) >= 11 is 0. The van der Waals surface area contributed by atoms with Crippen molar-refractivity contribution in [1.29, 1.82) is 0 Å². The highest BCUT2D eigenvalue weighted by atomic mass is 16.3. The van der Waals surface area contributed by atoms with Crippen LogP contribution in [-0.4, -0.2) is 59.6 Å². The number of hydrogen-bond donors (Lipinski definition) is 1. The van der Waals surface area contributed by atoms with E-state index in [-0.39, 0.29) is 18.6 Å². The first kappa shape index (κ1) is 11.9. The van der Waals surface area contributed by atoms with Crippen molar-refractivity contribution in [2.75, 3.05) is 32.8 Å². The molecule has 0 aromatic carbocycles. The van der Waals surface area contributed by atoms with E-state index in [1.54, 1.807) is 0 Å². The number of aliphatic hydroxyl groups is 1. The second-order valence-corrected chi connectivity index (χ2v) is 4.86. The van der Waals surface area contributed by atoms with E-state index < -0.39 is 0 Å². The number of carbonyl (C=O) groups is 1. The summed E-state index contributed by atoms with van der Waals surface area (Å²) in [4.78, 5) is 16.2. The van der Waals surface area contributed by atoms with E-state index in [0.717, 1.165) is 39.0 Å². The van der Waals surface area contributed by atoms with Crippen molar-refractivity contribution in [3.05, 3.63) is 0 Å². The highest BCUT2D eigenvalue weighted by Gasteiger charge is 2.27. The van der Waals surface area contributed by atoms with E-state index in [2.05, 4.69) is 4.90 Å². The molecule has 2 aliphatic heterocycles. The van der Waals surface area contributed by atoms with E-state index in [0.29, 0.717) is 6.42 Å². The van der Waals surface area contributed by atoms with Crippen LogP contribution in [0, 0.1) is 0 Å². The third-order valence-electron chi connectivity index (χ3n) is 3.75. The molecule has 0 saturated carbocycles. The molecule has 4 heteroatoms. The Kier molecular flexibility index (Phi) is 4.18. The van der Waals surface area contributed by atoms with Crippen LogP contribution in [0.3, 0.4) is 0 Å². The monoisotopic (exact) mass is 226 g/mol. The zero-order chi connectivity index (χ0) is 11.4. The molecule has 0 radical (unpaired) electrons. The molecular formula is C12H22N2O2. The Bertz CT molecular complexity index is 239. The van der Waals surface area contributed by atoms with Gasteiger partial charge in [-0.25, -0.2) is 0 Å². The van der Waals surface area contributed by atoms with Gasteiger partial charge in [-0.15, -0.1) is 0 Å². The van der Waals surface area contributed by atoms with Crippen molar-refractivity contribution >= 4 is 5.91 Å². The summed E-state index contributed by atoms with van der Waals surface area (Å²) in [6.45, 7) is 4.15. The van der Waals surface area contributed by atoms with Crippen LogP contribution < -0.4 is 0 Å². The summed E-state index contributed by atoms with van der Waals surface area (Å²) in [6.07, 6.45) is 5.18. The number of nitrogens with zero attached hydrogens (tertiary/aromatic N) is 2. The normalized spacial score (nSPS) is 26.6. The van der Waals surface area contributed by atoms with Gasteiger partial charge in [0.1, 0.15) is 0 Å². The number of rotatable bonds is 4. The first-order chi connectivity index (χ1) is 7.81. The van der Waals surface area contributed by atoms with Crippen LogP contribution in [0.25, 0.3) is 0 Å². The fraction of sp³-hybridized carbons (Fsp3) is 0.917. The van der Waals surface area contributed by atoms with Crippen LogP contribution in [0.2, 0.25) is 0 Å². The summed E-state index contributed by atoms with van der Waals surface area (Å²) in [5.41, 5.74) is 0. The number of aliphatic hydroxyl groups excluding tert-OH is 1. The quantitative estimate of drug-likeness (QED) is 0.757. The SMILES string of the molecule is O=C(CCN1CCCC1)N1CCCC1CO. The van der Waals surface area contributed by atoms with Crippen LogP contribution in [0.15, 0.2) is 0 Å². The Morgan fingerprint density at radius 3 is 2.62 bits per heavy atom. The number of hydrogen-bond acceptors (Lipinski definition) is 3. The molecule has 0 bridgehead atoms. The molecule has 0 aromatic heterocycles. The number of likely N-dealkylation sites (tertiary alicyclic amines) is 2. The molecule has 1 N–H and O–H groups in total. The molecule has 1 amide bonds. The summed E-state index contributed by atoms with van der Waals surface area (Å²) in [5, 5.41) is 9.16. The number of amides is 1. The molecule has 2 saturated heterocycles. The summed E-state index contributed by atoms with van der Waals surface area (Å²) in [7, 11) is 0. The first-order valence-corrected chi connectivity index (χ1v) is 6.44. The van der Waals surface area contributed by atoms with Gasteiger partial charge < -0.3 is 14.9 Å². The average molecular weight is 226 g/mol. The van der Waals surface area contributed by atoms with Gasteiger partial charge in [0.15, 0.2) is 0 Å². The minimum absolute atomic E-state index is 0.0890. The van der Waals surface area contributed by atoms with E-state index in [1.807, 2.05) is 4.90 Å². The molecule has 2 aliphatic rings. The second kappa shape index (κ2) is 5.64. The van der Waals surface area contributed by atoms with Gasteiger partial charge in [0.25, 0.3) is 0 Å². The molecule has 4 nitrogen and oxygen atoms in total. The van der Waals surface area contributed by atoms with Crippen LogP contribution in [0.5, 0.6) is 0 Å². The molecule has 0 aromatic rings. The molecule has 1 unspecified atom stereocenters. The van der Waals surface area contributed by atoms with Gasteiger partial charge in [-0.1, -0.05) is 0 Å². The molecule has 2 rings (SSSR count). The minimum Gasteiger partial charge on any atom is -0.394 e. The van der Waals surface area contributed by atoms with Crippen molar-refractivity contribution in [3.63, 3.8) is 0 Å². The van der Waals surface area contributed by atoms with Gasteiger partial charge >= 0.3 is 0 Å². The van der Waals surface area contributed by atoms with Crippen molar-refractivity contribution < 1.29 is 9.90 Å². The first-order valence-electron chi connectivity index (χ1n) is 6.44. The lowest BCUT2D eigenvalue weighted by atomic mass is 10.2. The maximum Gasteiger partial charge on any atom is 0.224 e. The minimum atomic E-state index is 0.0890. The topological polar surface area (TPSA) is 43.8 Å². The van der Waals surface area contributed by atoms with Gasteiger partial charge in [0.2, 0.25) is 5.91 Å².